The van der Waals surface area contributed by atoms with Gasteiger partial charge in [-0.05, 0) is 20.8 Å². The molecular weight excluding hydrogens is 236 g/mol. The van der Waals surface area contributed by atoms with Gasteiger partial charge in [-0.3, -0.25) is 0 Å². The van der Waals surface area contributed by atoms with Gasteiger partial charge in [-0.25, -0.2) is 9.78 Å². The molecule has 100 valence electrons. The second kappa shape index (κ2) is 6.04. The van der Waals surface area contributed by atoms with Crippen molar-refractivity contribution in [2.75, 3.05) is 18.2 Å². The van der Waals surface area contributed by atoms with E-state index in [4.69, 9.17) is 10.5 Å². The topological polar surface area (TPSA) is 99.4 Å². The molecule has 0 amide bonds. The Balaban J connectivity index is 2.87. The molecule has 0 saturated heterocycles. The van der Waals surface area contributed by atoms with Crippen molar-refractivity contribution in [3.63, 3.8) is 0 Å². The van der Waals surface area contributed by atoms with E-state index < -0.39 is 12.0 Å². The predicted molar refractivity (Wildman–Crippen MR) is 67.3 cm³/mol. The Morgan fingerprint density at radius 3 is 2.61 bits per heavy atom. The molecule has 0 aliphatic heterocycles. The number of carbonyl (C=O) groups excluding carboxylic acids is 1. The van der Waals surface area contributed by atoms with E-state index in [1.165, 1.54) is 13.4 Å². The summed E-state index contributed by atoms with van der Waals surface area (Å²) < 4.78 is 10.0. The highest BCUT2D eigenvalue weighted by molar-refractivity contribution is 5.80. The third-order valence-corrected chi connectivity index (χ3v) is 2.10. The Morgan fingerprint density at radius 2 is 2.06 bits per heavy atom. The third kappa shape index (κ3) is 3.47. The standard InChI is InChI=1S/C11H18N4O3/c1-6(2)18-10-8(12)9(13-5-14-10)15-7(3)11(16)17-4/h5-7H,12H2,1-4H3,(H,13,14,15). The number of hydrogen-bond acceptors (Lipinski definition) is 7. The molecule has 1 rings (SSSR count). The lowest BCUT2D eigenvalue weighted by Gasteiger charge is -2.16. The van der Waals surface area contributed by atoms with E-state index in [2.05, 4.69) is 20.0 Å². The minimum atomic E-state index is -0.556. The molecule has 1 heterocycles. The van der Waals surface area contributed by atoms with Crippen LogP contribution in [0.15, 0.2) is 6.33 Å². The maximum atomic E-state index is 11.3. The molecule has 0 aliphatic carbocycles. The fourth-order valence-electron chi connectivity index (χ4n) is 1.25. The number of esters is 1. The highest BCUT2D eigenvalue weighted by Crippen LogP contribution is 2.25. The van der Waals surface area contributed by atoms with Crippen LogP contribution in [0.5, 0.6) is 5.88 Å². The number of hydrogen-bond donors (Lipinski definition) is 2. The van der Waals surface area contributed by atoms with Crippen LogP contribution in [0.1, 0.15) is 20.8 Å². The van der Waals surface area contributed by atoms with Gasteiger partial charge in [0.1, 0.15) is 18.1 Å². The summed E-state index contributed by atoms with van der Waals surface area (Å²) >= 11 is 0. The maximum Gasteiger partial charge on any atom is 0.328 e. The quantitative estimate of drug-likeness (QED) is 0.750. The zero-order chi connectivity index (χ0) is 13.7. The summed E-state index contributed by atoms with van der Waals surface area (Å²) in [6, 6.07) is -0.556. The summed E-state index contributed by atoms with van der Waals surface area (Å²) in [5.41, 5.74) is 6.12. The monoisotopic (exact) mass is 254 g/mol. The molecule has 18 heavy (non-hydrogen) atoms. The van der Waals surface area contributed by atoms with Crippen molar-refractivity contribution < 1.29 is 14.3 Å². The Bertz CT molecular complexity index is 423. The van der Waals surface area contributed by atoms with Crippen LogP contribution in [0.4, 0.5) is 11.5 Å². The number of nitrogens with one attached hydrogen (secondary N) is 1. The number of nitrogens with zero attached hydrogens (tertiary/aromatic N) is 2. The summed E-state index contributed by atoms with van der Waals surface area (Å²) in [6.07, 6.45) is 1.27. The smallest absolute Gasteiger partial charge is 0.328 e. The molecule has 3 N–H and O–H groups in total. The molecule has 7 heteroatoms. The number of anilines is 2. The van der Waals surface area contributed by atoms with E-state index in [1.54, 1.807) is 6.92 Å². The lowest BCUT2D eigenvalue weighted by Crippen LogP contribution is -2.28. The molecule has 0 fully saturated rings. The van der Waals surface area contributed by atoms with Crippen molar-refractivity contribution in [3.05, 3.63) is 6.33 Å². The molecule has 1 aromatic heterocycles. The molecule has 0 radical (unpaired) electrons. The molecule has 0 aromatic carbocycles. The van der Waals surface area contributed by atoms with Gasteiger partial charge in [0.15, 0.2) is 5.82 Å². The van der Waals surface area contributed by atoms with Crippen LogP contribution >= 0.6 is 0 Å². The Hall–Kier alpha value is -2.05. The van der Waals surface area contributed by atoms with Gasteiger partial charge in [0, 0.05) is 0 Å². The average molecular weight is 254 g/mol. The van der Waals surface area contributed by atoms with Gasteiger partial charge in [-0.2, -0.15) is 4.98 Å². The van der Waals surface area contributed by atoms with E-state index in [0.717, 1.165) is 0 Å². The summed E-state index contributed by atoms with van der Waals surface area (Å²) in [4.78, 5) is 19.2. The van der Waals surface area contributed by atoms with Crippen molar-refractivity contribution in [1.29, 1.82) is 0 Å². The number of ether oxygens (including phenoxy) is 2. The minimum absolute atomic E-state index is 0.0481. The number of aromatic nitrogens is 2. The predicted octanol–water partition coefficient (Wildman–Crippen LogP) is 0.819. The molecule has 1 atom stereocenters. The molecule has 0 saturated carbocycles. The van der Waals surface area contributed by atoms with Gasteiger partial charge in [0.05, 0.1) is 13.2 Å². The van der Waals surface area contributed by atoms with E-state index in [-0.39, 0.29) is 11.8 Å². The van der Waals surface area contributed by atoms with Gasteiger partial charge >= 0.3 is 5.97 Å². The third-order valence-electron chi connectivity index (χ3n) is 2.10. The molecule has 0 spiro atoms. The van der Waals surface area contributed by atoms with Gasteiger partial charge in [0.2, 0.25) is 5.88 Å². The van der Waals surface area contributed by atoms with Crippen LogP contribution in [0.25, 0.3) is 0 Å². The fourth-order valence-corrected chi connectivity index (χ4v) is 1.25. The van der Waals surface area contributed by atoms with E-state index in [1.807, 2.05) is 13.8 Å². The largest absolute Gasteiger partial charge is 0.473 e. The Morgan fingerprint density at radius 1 is 1.39 bits per heavy atom. The van der Waals surface area contributed by atoms with Crippen molar-refractivity contribution in [1.82, 2.24) is 9.97 Å². The molecular formula is C11H18N4O3. The highest BCUT2D eigenvalue weighted by Gasteiger charge is 2.17. The van der Waals surface area contributed by atoms with E-state index in [9.17, 15) is 4.79 Å². The normalized spacial score (nSPS) is 12.1. The number of rotatable bonds is 5. The van der Waals surface area contributed by atoms with Gasteiger partial charge in [0.25, 0.3) is 0 Å². The maximum absolute atomic E-state index is 11.3. The summed E-state index contributed by atoms with van der Waals surface area (Å²) in [5.74, 6) is 0.234. The highest BCUT2D eigenvalue weighted by atomic mass is 16.5. The van der Waals surface area contributed by atoms with Gasteiger partial charge in [-0.15, -0.1) is 0 Å². The van der Waals surface area contributed by atoms with Crippen molar-refractivity contribution >= 4 is 17.5 Å². The van der Waals surface area contributed by atoms with Gasteiger partial charge in [-0.1, -0.05) is 0 Å². The van der Waals surface area contributed by atoms with Crippen LogP contribution < -0.4 is 15.8 Å². The van der Waals surface area contributed by atoms with Crippen LogP contribution in [0.3, 0.4) is 0 Å². The minimum Gasteiger partial charge on any atom is -0.473 e. The van der Waals surface area contributed by atoms with Crippen molar-refractivity contribution in [2.24, 2.45) is 0 Å². The Labute approximate surface area is 106 Å². The lowest BCUT2D eigenvalue weighted by molar-refractivity contribution is -0.141. The molecule has 1 unspecified atom stereocenters. The molecule has 0 aliphatic rings. The Kier molecular flexibility index (Phi) is 4.70. The molecule has 7 nitrogen and oxygen atoms in total. The molecule has 0 bridgehead atoms. The summed E-state index contributed by atoms with van der Waals surface area (Å²) in [5, 5.41) is 2.84. The van der Waals surface area contributed by atoms with E-state index in [0.29, 0.717) is 11.7 Å². The SMILES string of the molecule is COC(=O)C(C)Nc1ncnc(OC(C)C)c1N. The first-order valence-electron chi connectivity index (χ1n) is 5.57. The second-order valence-electron chi connectivity index (χ2n) is 4.00. The number of carbonyl (C=O) groups is 1. The number of nitrogen functional groups attached to an aromatic ring is 1. The van der Waals surface area contributed by atoms with E-state index >= 15 is 0 Å². The van der Waals surface area contributed by atoms with Crippen LogP contribution in [-0.2, 0) is 9.53 Å². The first-order valence-corrected chi connectivity index (χ1v) is 5.57. The number of nitrogens with two attached hydrogens (primary N) is 1. The number of methoxy groups -OCH3 is 1. The van der Waals surface area contributed by atoms with Crippen LogP contribution in [0.2, 0.25) is 0 Å². The second-order valence-corrected chi connectivity index (χ2v) is 4.00. The zero-order valence-corrected chi connectivity index (χ0v) is 10.9. The summed E-state index contributed by atoms with van der Waals surface area (Å²) in [7, 11) is 1.32. The van der Waals surface area contributed by atoms with Crippen molar-refractivity contribution in [2.45, 2.75) is 32.9 Å². The zero-order valence-electron chi connectivity index (χ0n) is 10.9. The van der Waals surface area contributed by atoms with Crippen molar-refractivity contribution in [3.8, 4) is 5.88 Å². The van der Waals surface area contributed by atoms with Gasteiger partial charge < -0.3 is 20.5 Å². The first-order chi connectivity index (χ1) is 8.45. The average Bonchev–Trinajstić information content (AvgIpc) is 2.32. The summed E-state index contributed by atoms with van der Waals surface area (Å²) in [6.45, 7) is 5.38. The van der Waals surface area contributed by atoms with Crippen LogP contribution in [0, 0.1) is 0 Å². The lowest BCUT2D eigenvalue weighted by atomic mass is 10.3. The molecule has 1 aromatic rings. The first kappa shape index (κ1) is 14.0. The van der Waals surface area contributed by atoms with Crippen LogP contribution in [-0.4, -0.2) is 35.2 Å². The fraction of sp³-hybridized carbons (Fsp3) is 0.545.